The molecule has 13 nitrogen and oxygen atoms in total. The lowest BCUT2D eigenvalue weighted by Gasteiger charge is -2.32. The number of ether oxygens (including phenoxy) is 3. The summed E-state index contributed by atoms with van der Waals surface area (Å²) in [5.41, 5.74) is 0.832. The van der Waals surface area contributed by atoms with Crippen molar-refractivity contribution in [1.82, 2.24) is 24.2 Å². The summed E-state index contributed by atoms with van der Waals surface area (Å²) in [6, 6.07) is 34.4. The first-order valence-electron chi connectivity index (χ1n) is 19.3. The van der Waals surface area contributed by atoms with E-state index in [0.717, 1.165) is 31.9 Å². The van der Waals surface area contributed by atoms with Gasteiger partial charge < -0.3 is 23.3 Å². The molecule has 3 saturated heterocycles. The number of aromatic nitrogens is 4. The van der Waals surface area contributed by atoms with Gasteiger partial charge >= 0.3 is 0 Å². The van der Waals surface area contributed by atoms with Gasteiger partial charge in [-0.1, -0.05) is 103 Å². The molecular formula is C41H46N7O6PSi. The lowest BCUT2D eigenvalue weighted by Crippen LogP contribution is -2.58. The molecule has 3 fully saturated rings. The fourth-order valence-electron chi connectivity index (χ4n) is 8.02. The Hall–Kier alpha value is -4.74. The first-order valence-corrected chi connectivity index (χ1v) is 23.2. The predicted molar refractivity (Wildman–Crippen MR) is 215 cm³/mol. The third kappa shape index (κ3) is 8.07. The van der Waals surface area contributed by atoms with Gasteiger partial charge in [0.15, 0.2) is 17.8 Å². The van der Waals surface area contributed by atoms with Crippen molar-refractivity contribution in [3.05, 3.63) is 97.3 Å². The molecule has 8 rings (SSSR count). The lowest BCUT2D eigenvalue weighted by molar-refractivity contribution is -0.118. The Morgan fingerprint density at radius 1 is 1.00 bits per heavy atom. The molecule has 2 aromatic heterocycles. The molecule has 3 aromatic carbocycles. The van der Waals surface area contributed by atoms with Gasteiger partial charge in [0, 0.05) is 19.0 Å². The Kier molecular flexibility index (Phi) is 11.7. The molecule has 6 atom stereocenters. The Morgan fingerprint density at radius 2 is 1.71 bits per heavy atom. The minimum absolute atomic E-state index is 0.0289. The SMILES string of the molecule is CC[C@H]1O[C@@H](n2cnc3c(OCCC#N)nc(NC(=O)COc4ccccc4)nc32)CC1O[P@]1O[C@@H](C[Si](C)(c2ccccc2)c2ccccc2)[C@H]2CCCN21. The standard InChI is InChI=1S/C41H46N7O6PSi/c1-3-33-34(53-55-48-23-13-21-32(48)35(54-55)27-56(2,30-17-9-5-10-18-30)31-19-11-6-12-20-31)25-37(52-33)47-28-43-38-39(47)45-41(46-40(38)50-24-14-22-42)44-36(49)26-51-29-15-7-4-8-16-29/h4-12,15-20,28,32-35,37H,3,13-14,21,23-27H2,1-2H3,(H,44,45,46,49)/t32-,33-,34?,35+,37-,55-/m1/s1. The minimum atomic E-state index is -2.15. The number of hydrogen-bond acceptors (Lipinski definition) is 11. The van der Waals surface area contributed by atoms with Crippen LogP contribution >= 0.6 is 8.53 Å². The highest BCUT2D eigenvalue weighted by atomic mass is 31.2. The van der Waals surface area contributed by atoms with E-state index in [1.165, 1.54) is 10.4 Å². The molecule has 0 aliphatic carbocycles. The molecule has 56 heavy (non-hydrogen) atoms. The molecular weight excluding hydrogens is 746 g/mol. The molecule has 0 saturated carbocycles. The average Bonchev–Trinajstić information content (AvgIpc) is 4.04. The van der Waals surface area contributed by atoms with Crippen LogP contribution in [0.15, 0.2) is 97.3 Å². The van der Waals surface area contributed by atoms with Crippen molar-refractivity contribution in [3.8, 4) is 17.7 Å². The maximum atomic E-state index is 12.9. The van der Waals surface area contributed by atoms with Gasteiger partial charge in [0.1, 0.15) is 26.7 Å². The second-order valence-electron chi connectivity index (χ2n) is 14.5. The van der Waals surface area contributed by atoms with Crippen LogP contribution in [0.1, 0.15) is 45.3 Å². The molecule has 290 valence electrons. The van der Waals surface area contributed by atoms with Crippen LogP contribution in [0.4, 0.5) is 5.95 Å². The molecule has 1 unspecified atom stereocenters. The molecule has 0 spiro atoms. The largest absolute Gasteiger partial charge is 0.484 e. The number of benzene rings is 3. The highest BCUT2D eigenvalue weighted by Gasteiger charge is 2.51. The van der Waals surface area contributed by atoms with Gasteiger partial charge in [-0.3, -0.25) is 14.7 Å². The summed E-state index contributed by atoms with van der Waals surface area (Å²) in [5.74, 6) is 0.322. The highest BCUT2D eigenvalue weighted by Crippen LogP contribution is 2.59. The summed E-state index contributed by atoms with van der Waals surface area (Å²) < 4.78 is 36.4. The molecule has 1 N–H and O–H groups in total. The number of nitriles is 1. The van der Waals surface area contributed by atoms with E-state index in [9.17, 15) is 4.79 Å². The van der Waals surface area contributed by atoms with Crippen LogP contribution in [-0.2, 0) is 18.6 Å². The maximum Gasteiger partial charge on any atom is 0.264 e. The maximum absolute atomic E-state index is 12.9. The number of hydrogen-bond donors (Lipinski definition) is 1. The van der Waals surface area contributed by atoms with E-state index in [4.69, 9.17) is 33.5 Å². The van der Waals surface area contributed by atoms with E-state index in [0.29, 0.717) is 29.4 Å². The molecule has 5 aromatic rings. The van der Waals surface area contributed by atoms with Crippen LogP contribution in [0.25, 0.3) is 11.2 Å². The number of rotatable bonds is 15. The van der Waals surface area contributed by atoms with Gasteiger partial charge in [0.2, 0.25) is 11.8 Å². The van der Waals surface area contributed by atoms with E-state index in [-0.39, 0.29) is 49.8 Å². The summed E-state index contributed by atoms with van der Waals surface area (Å²) in [6.45, 7) is 5.40. The quantitative estimate of drug-likeness (QED) is 0.0735. The molecule has 0 radical (unpaired) electrons. The van der Waals surface area contributed by atoms with Gasteiger partial charge in [-0.25, -0.2) is 9.65 Å². The van der Waals surface area contributed by atoms with Gasteiger partial charge in [-0.05, 0) is 37.4 Å². The predicted octanol–water partition coefficient (Wildman–Crippen LogP) is 6.20. The van der Waals surface area contributed by atoms with Gasteiger partial charge in [-0.2, -0.15) is 15.2 Å². The van der Waals surface area contributed by atoms with Crippen molar-refractivity contribution in [2.75, 3.05) is 25.1 Å². The Bertz CT molecular complexity index is 2100. The van der Waals surface area contributed by atoms with Crippen molar-refractivity contribution < 1.29 is 28.1 Å². The number of carbonyl (C=O) groups excluding carboxylic acids is 1. The third-order valence-corrected chi connectivity index (χ3v) is 17.1. The number of anilines is 1. The number of fused-ring (bicyclic) bond motifs is 2. The van der Waals surface area contributed by atoms with Crippen LogP contribution < -0.4 is 25.2 Å². The van der Waals surface area contributed by atoms with E-state index >= 15 is 0 Å². The van der Waals surface area contributed by atoms with E-state index in [1.54, 1.807) is 18.5 Å². The number of nitrogens with zero attached hydrogens (tertiary/aromatic N) is 6. The molecule has 1 amide bonds. The van der Waals surface area contributed by atoms with Crippen molar-refractivity contribution in [2.45, 2.75) is 82.2 Å². The smallest absolute Gasteiger partial charge is 0.264 e. The zero-order valence-electron chi connectivity index (χ0n) is 31.6. The Balaban J connectivity index is 1.00. The molecule has 5 heterocycles. The Labute approximate surface area is 328 Å². The van der Waals surface area contributed by atoms with Crippen LogP contribution in [0.3, 0.4) is 0 Å². The summed E-state index contributed by atoms with van der Waals surface area (Å²) >= 11 is 0. The first-order chi connectivity index (χ1) is 27.4. The first kappa shape index (κ1) is 38.1. The summed E-state index contributed by atoms with van der Waals surface area (Å²) in [4.78, 5) is 26.6. The number of carbonyl (C=O) groups is 1. The van der Waals surface area contributed by atoms with Crippen LogP contribution in [-0.4, -0.2) is 82.3 Å². The molecule has 15 heteroatoms. The zero-order chi connectivity index (χ0) is 38.5. The fraction of sp³-hybridized carbons (Fsp3) is 0.390. The molecule has 0 bridgehead atoms. The van der Waals surface area contributed by atoms with Crippen molar-refractivity contribution in [1.29, 1.82) is 5.26 Å². The van der Waals surface area contributed by atoms with Gasteiger partial charge in [0.05, 0.1) is 37.1 Å². The van der Waals surface area contributed by atoms with Gasteiger partial charge in [0.25, 0.3) is 14.4 Å². The van der Waals surface area contributed by atoms with Crippen molar-refractivity contribution in [2.24, 2.45) is 0 Å². The zero-order valence-corrected chi connectivity index (χ0v) is 33.5. The number of para-hydroxylation sites is 1. The molecule has 3 aliphatic heterocycles. The second-order valence-corrected chi connectivity index (χ2v) is 20.2. The Morgan fingerprint density at radius 3 is 2.41 bits per heavy atom. The minimum Gasteiger partial charge on any atom is -0.484 e. The van der Waals surface area contributed by atoms with E-state index in [2.05, 4.69) is 100 Å². The second kappa shape index (κ2) is 17.2. The van der Waals surface area contributed by atoms with Crippen LogP contribution in [0.2, 0.25) is 12.6 Å². The summed E-state index contributed by atoms with van der Waals surface area (Å²) in [5, 5.41) is 14.7. The normalized spacial score (nSPS) is 23.5. The van der Waals surface area contributed by atoms with E-state index in [1.807, 2.05) is 22.8 Å². The van der Waals surface area contributed by atoms with Gasteiger partial charge in [-0.15, -0.1) is 0 Å². The van der Waals surface area contributed by atoms with Crippen LogP contribution in [0.5, 0.6) is 11.6 Å². The number of amides is 1. The van der Waals surface area contributed by atoms with Crippen molar-refractivity contribution in [3.63, 3.8) is 0 Å². The van der Waals surface area contributed by atoms with E-state index < -0.39 is 28.7 Å². The lowest BCUT2D eigenvalue weighted by atomic mass is 10.1. The topological polar surface area (TPSA) is 146 Å². The average molecular weight is 792 g/mol. The van der Waals surface area contributed by atoms with Crippen molar-refractivity contribution >= 4 is 50.0 Å². The molecule has 3 aliphatic rings. The number of nitrogens with one attached hydrogen (secondary N) is 1. The monoisotopic (exact) mass is 791 g/mol. The number of imidazole rings is 1. The fourth-order valence-corrected chi connectivity index (χ4v) is 14.0. The summed E-state index contributed by atoms with van der Waals surface area (Å²) in [6.07, 6.45) is 4.55. The summed E-state index contributed by atoms with van der Waals surface area (Å²) in [7, 11) is -3.45. The third-order valence-electron chi connectivity index (χ3n) is 10.9. The van der Waals surface area contributed by atoms with Crippen LogP contribution in [0, 0.1) is 11.3 Å². The highest BCUT2D eigenvalue weighted by molar-refractivity contribution is 7.45.